The van der Waals surface area contributed by atoms with Crippen LogP contribution in [0.1, 0.15) is 5.56 Å². The Kier molecular flexibility index (Phi) is 2.93. The Morgan fingerprint density at radius 3 is 2.89 bits per heavy atom. The lowest BCUT2D eigenvalue weighted by Crippen LogP contribution is -1.82. The summed E-state index contributed by atoms with van der Waals surface area (Å²) in [5.74, 6) is 0.616. The van der Waals surface area contributed by atoms with Gasteiger partial charge in [-0.3, -0.25) is 0 Å². The summed E-state index contributed by atoms with van der Waals surface area (Å²) in [4.78, 5) is 11.6. The van der Waals surface area contributed by atoms with E-state index in [9.17, 15) is 5.11 Å². The molecule has 0 aliphatic heterocycles. The minimum atomic E-state index is 0.129. The molecule has 94 valence electrons. The molecule has 0 aliphatic rings. The lowest BCUT2D eigenvalue weighted by molar-refractivity contribution is 0.474. The van der Waals surface area contributed by atoms with Gasteiger partial charge < -0.3 is 10.1 Å². The molecule has 0 radical (unpaired) electrons. The second-order valence-corrected chi connectivity index (χ2v) is 4.48. The first-order chi connectivity index (χ1) is 9.22. The van der Waals surface area contributed by atoms with Crippen LogP contribution >= 0.6 is 11.6 Å². The number of rotatable bonds is 2. The first-order valence-corrected chi connectivity index (χ1v) is 6.07. The summed E-state index contributed by atoms with van der Waals surface area (Å²) >= 11 is 5.87. The SMILES string of the molecule is Oc1ccc(Cl)cc1/C=N/c1nc2ccccc2[nH]1. The number of imidazole rings is 1. The molecule has 5 heteroatoms. The molecule has 0 fully saturated rings. The standard InChI is InChI=1S/C14H10ClN3O/c15-10-5-6-13(19)9(7-10)8-16-14-17-11-3-1-2-4-12(11)18-14/h1-8,19H,(H,17,18)/b16-8+. The van der Waals surface area contributed by atoms with Crippen molar-refractivity contribution in [3.8, 4) is 5.75 Å². The zero-order valence-electron chi connectivity index (χ0n) is 9.84. The van der Waals surface area contributed by atoms with Gasteiger partial charge >= 0.3 is 0 Å². The quantitative estimate of drug-likeness (QED) is 0.699. The number of benzene rings is 2. The lowest BCUT2D eigenvalue weighted by atomic mass is 10.2. The number of hydrogen-bond acceptors (Lipinski definition) is 3. The summed E-state index contributed by atoms with van der Waals surface area (Å²) in [6.07, 6.45) is 1.53. The Bertz CT molecular complexity index is 731. The van der Waals surface area contributed by atoms with E-state index < -0.39 is 0 Å². The van der Waals surface area contributed by atoms with E-state index in [1.54, 1.807) is 12.1 Å². The molecule has 0 atom stereocenters. The second-order valence-electron chi connectivity index (χ2n) is 4.04. The van der Waals surface area contributed by atoms with Crippen molar-refractivity contribution >= 4 is 34.8 Å². The van der Waals surface area contributed by atoms with E-state index in [0.29, 0.717) is 16.5 Å². The van der Waals surface area contributed by atoms with Crippen molar-refractivity contribution in [3.63, 3.8) is 0 Å². The Morgan fingerprint density at radius 1 is 1.21 bits per heavy atom. The Hall–Kier alpha value is -2.33. The number of fused-ring (bicyclic) bond motifs is 1. The van der Waals surface area contributed by atoms with Gasteiger partial charge in [-0.15, -0.1) is 0 Å². The molecule has 0 unspecified atom stereocenters. The van der Waals surface area contributed by atoms with E-state index in [4.69, 9.17) is 11.6 Å². The normalized spacial score (nSPS) is 11.4. The first kappa shape index (κ1) is 11.7. The molecule has 0 spiro atoms. The number of aromatic amines is 1. The molecule has 0 saturated carbocycles. The van der Waals surface area contributed by atoms with Gasteiger partial charge in [0.1, 0.15) is 5.75 Å². The number of hydrogen-bond donors (Lipinski definition) is 2. The van der Waals surface area contributed by atoms with Crippen molar-refractivity contribution in [1.82, 2.24) is 9.97 Å². The summed E-state index contributed by atoms with van der Waals surface area (Å²) in [7, 11) is 0. The third kappa shape index (κ3) is 2.44. The molecule has 0 amide bonds. The number of H-pyrrole nitrogens is 1. The van der Waals surface area contributed by atoms with E-state index in [0.717, 1.165) is 11.0 Å². The van der Waals surface area contributed by atoms with Crippen LogP contribution in [0.4, 0.5) is 5.95 Å². The molecule has 2 N–H and O–H groups in total. The first-order valence-electron chi connectivity index (χ1n) is 5.70. The monoisotopic (exact) mass is 271 g/mol. The summed E-state index contributed by atoms with van der Waals surface area (Å²) in [5.41, 5.74) is 2.32. The van der Waals surface area contributed by atoms with Crippen molar-refractivity contribution in [2.24, 2.45) is 4.99 Å². The van der Waals surface area contributed by atoms with E-state index in [1.165, 1.54) is 12.3 Å². The molecule has 1 heterocycles. The molecule has 0 saturated heterocycles. The van der Waals surface area contributed by atoms with Crippen LogP contribution in [0.2, 0.25) is 5.02 Å². The van der Waals surface area contributed by atoms with Gasteiger partial charge in [-0.1, -0.05) is 23.7 Å². The topological polar surface area (TPSA) is 61.3 Å². The molecule has 1 aromatic heterocycles. The predicted molar refractivity (Wildman–Crippen MR) is 76.5 cm³/mol. The van der Waals surface area contributed by atoms with Crippen LogP contribution < -0.4 is 0 Å². The van der Waals surface area contributed by atoms with Crippen LogP contribution in [0.3, 0.4) is 0 Å². The summed E-state index contributed by atoms with van der Waals surface area (Å²) in [6, 6.07) is 12.5. The van der Waals surface area contributed by atoms with E-state index in [-0.39, 0.29) is 5.75 Å². The molecule has 3 rings (SSSR count). The fourth-order valence-corrected chi connectivity index (χ4v) is 1.94. The summed E-state index contributed by atoms with van der Waals surface area (Å²) in [5, 5.41) is 10.2. The second kappa shape index (κ2) is 4.74. The van der Waals surface area contributed by atoms with Gasteiger partial charge in [0.25, 0.3) is 0 Å². The Labute approximate surface area is 114 Å². The van der Waals surface area contributed by atoms with Gasteiger partial charge in [0.2, 0.25) is 5.95 Å². The molecule has 0 aliphatic carbocycles. The van der Waals surface area contributed by atoms with Crippen molar-refractivity contribution in [2.45, 2.75) is 0 Å². The highest BCUT2D eigenvalue weighted by Gasteiger charge is 2.01. The number of nitrogens with one attached hydrogen (secondary N) is 1. The van der Waals surface area contributed by atoms with Gasteiger partial charge in [0.15, 0.2) is 0 Å². The van der Waals surface area contributed by atoms with Crippen molar-refractivity contribution < 1.29 is 5.11 Å². The largest absolute Gasteiger partial charge is 0.507 e. The van der Waals surface area contributed by atoms with E-state index in [2.05, 4.69) is 15.0 Å². The molecule has 4 nitrogen and oxygen atoms in total. The molecular formula is C14H10ClN3O. The van der Waals surface area contributed by atoms with Crippen LogP contribution in [-0.2, 0) is 0 Å². The third-order valence-corrected chi connectivity index (χ3v) is 2.93. The fraction of sp³-hybridized carbons (Fsp3) is 0. The molecule has 19 heavy (non-hydrogen) atoms. The van der Waals surface area contributed by atoms with Crippen LogP contribution in [0.25, 0.3) is 11.0 Å². The highest BCUT2D eigenvalue weighted by atomic mass is 35.5. The summed E-state index contributed by atoms with van der Waals surface area (Å²) < 4.78 is 0. The van der Waals surface area contributed by atoms with Crippen LogP contribution in [0.15, 0.2) is 47.5 Å². The number of aromatic nitrogens is 2. The Morgan fingerprint density at radius 2 is 2.05 bits per heavy atom. The van der Waals surface area contributed by atoms with Gasteiger partial charge in [-0.2, -0.15) is 0 Å². The number of aromatic hydroxyl groups is 1. The van der Waals surface area contributed by atoms with Gasteiger partial charge in [-0.05, 0) is 30.3 Å². The van der Waals surface area contributed by atoms with Crippen molar-refractivity contribution in [2.75, 3.05) is 0 Å². The maximum absolute atomic E-state index is 9.67. The van der Waals surface area contributed by atoms with E-state index in [1.807, 2.05) is 24.3 Å². The zero-order valence-corrected chi connectivity index (χ0v) is 10.6. The number of nitrogens with zero attached hydrogens (tertiary/aromatic N) is 2. The molecular weight excluding hydrogens is 262 g/mol. The van der Waals surface area contributed by atoms with Crippen LogP contribution in [0.5, 0.6) is 5.75 Å². The Balaban J connectivity index is 1.95. The van der Waals surface area contributed by atoms with Gasteiger partial charge in [0.05, 0.1) is 11.0 Å². The average molecular weight is 272 g/mol. The maximum Gasteiger partial charge on any atom is 0.227 e. The smallest absolute Gasteiger partial charge is 0.227 e. The zero-order chi connectivity index (χ0) is 13.2. The number of para-hydroxylation sites is 2. The third-order valence-electron chi connectivity index (χ3n) is 2.69. The number of phenols is 1. The number of phenolic OH excluding ortho intramolecular Hbond substituents is 1. The number of aliphatic imine (C=N–C) groups is 1. The molecule has 3 aromatic rings. The van der Waals surface area contributed by atoms with Crippen LogP contribution in [-0.4, -0.2) is 21.3 Å². The van der Waals surface area contributed by atoms with Crippen molar-refractivity contribution in [3.05, 3.63) is 53.1 Å². The highest BCUT2D eigenvalue weighted by Crippen LogP contribution is 2.21. The summed E-state index contributed by atoms with van der Waals surface area (Å²) in [6.45, 7) is 0. The average Bonchev–Trinajstić information content (AvgIpc) is 2.82. The number of halogens is 1. The molecule has 0 bridgehead atoms. The minimum Gasteiger partial charge on any atom is -0.507 e. The minimum absolute atomic E-state index is 0.129. The van der Waals surface area contributed by atoms with Gasteiger partial charge in [-0.25, -0.2) is 9.98 Å². The van der Waals surface area contributed by atoms with E-state index >= 15 is 0 Å². The lowest BCUT2D eigenvalue weighted by Gasteiger charge is -1.97. The maximum atomic E-state index is 9.67. The van der Waals surface area contributed by atoms with Gasteiger partial charge in [0, 0.05) is 16.8 Å². The predicted octanol–water partition coefficient (Wildman–Crippen LogP) is 3.67. The fourth-order valence-electron chi connectivity index (χ4n) is 1.76. The van der Waals surface area contributed by atoms with Crippen LogP contribution in [0, 0.1) is 0 Å². The highest BCUT2D eigenvalue weighted by molar-refractivity contribution is 6.30. The van der Waals surface area contributed by atoms with Crippen molar-refractivity contribution in [1.29, 1.82) is 0 Å². The molecule has 2 aromatic carbocycles.